The summed E-state index contributed by atoms with van der Waals surface area (Å²) in [5.74, 6) is 1.58. The molecule has 0 unspecified atom stereocenters. The summed E-state index contributed by atoms with van der Waals surface area (Å²) in [6.07, 6.45) is 3.01. The standard InChI is InChI=1S/C14H17ClN4S/c1-3-7-16-12-9-13(19-14(18-12)20-2)17-11-6-4-5-10(15)8-11/h4-6,8-9H,3,7H2,1-2H3,(H2,16,17,18,19). The summed E-state index contributed by atoms with van der Waals surface area (Å²) in [6, 6.07) is 9.45. The zero-order chi connectivity index (χ0) is 14.4. The van der Waals surface area contributed by atoms with Crippen molar-refractivity contribution in [2.75, 3.05) is 23.4 Å². The van der Waals surface area contributed by atoms with Crippen molar-refractivity contribution in [1.29, 1.82) is 0 Å². The maximum atomic E-state index is 5.98. The molecule has 106 valence electrons. The van der Waals surface area contributed by atoms with E-state index in [0.29, 0.717) is 5.02 Å². The Morgan fingerprint density at radius 2 is 2.00 bits per heavy atom. The molecule has 4 nitrogen and oxygen atoms in total. The Morgan fingerprint density at radius 3 is 2.70 bits per heavy atom. The first-order chi connectivity index (χ1) is 9.71. The maximum absolute atomic E-state index is 5.98. The maximum Gasteiger partial charge on any atom is 0.191 e. The molecule has 0 radical (unpaired) electrons. The molecule has 1 heterocycles. The van der Waals surface area contributed by atoms with Crippen molar-refractivity contribution in [3.63, 3.8) is 0 Å². The second-order valence-corrected chi connectivity index (χ2v) is 5.40. The molecule has 2 N–H and O–H groups in total. The molecule has 20 heavy (non-hydrogen) atoms. The van der Waals surface area contributed by atoms with Crippen LogP contribution in [0.3, 0.4) is 0 Å². The third kappa shape index (κ3) is 4.28. The molecule has 0 spiro atoms. The van der Waals surface area contributed by atoms with E-state index < -0.39 is 0 Å². The number of hydrogen-bond acceptors (Lipinski definition) is 5. The first kappa shape index (κ1) is 14.9. The fourth-order valence-electron chi connectivity index (χ4n) is 1.64. The molecule has 1 aromatic heterocycles. The molecule has 0 aliphatic heterocycles. The van der Waals surface area contributed by atoms with E-state index in [0.717, 1.165) is 35.4 Å². The van der Waals surface area contributed by atoms with Gasteiger partial charge in [0.25, 0.3) is 0 Å². The molecule has 0 amide bonds. The number of nitrogens with one attached hydrogen (secondary N) is 2. The second kappa shape index (κ2) is 7.36. The van der Waals surface area contributed by atoms with Gasteiger partial charge in [0.15, 0.2) is 5.16 Å². The summed E-state index contributed by atoms with van der Waals surface area (Å²) in [5.41, 5.74) is 0.907. The van der Waals surface area contributed by atoms with Gasteiger partial charge in [0, 0.05) is 23.3 Å². The van der Waals surface area contributed by atoms with E-state index in [-0.39, 0.29) is 0 Å². The lowest BCUT2D eigenvalue weighted by Gasteiger charge is -2.10. The number of aromatic nitrogens is 2. The first-order valence-electron chi connectivity index (χ1n) is 6.41. The molecule has 0 saturated heterocycles. The van der Waals surface area contributed by atoms with Gasteiger partial charge in [-0.2, -0.15) is 0 Å². The Bertz CT molecular complexity index is 577. The number of thioether (sulfide) groups is 1. The molecule has 6 heteroatoms. The minimum absolute atomic E-state index is 0.693. The average molecular weight is 309 g/mol. The van der Waals surface area contributed by atoms with Crippen molar-refractivity contribution in [2.24, 2.45) is 0 Å². The number of benzene rings is 1. The van der Waals surface area contributed by atoms with Gasteiger partial charge in [-0.3, -0.25) is 0 Å². The predicted octanol–water partition coefficient (Wildman–Crippen LogP) is 4.42. The monoisotopic (exact) mass is 308 g/mol. The van der Waals surface area contributed by atoms with Crippen LogP contribution in [0.1, 0.15) is 13.3 Å². The minimum Gasteiger partial charge on any atom is -0.370 e. The van der Waals surface area contributed by atoms with Crippen molar-refractivity contribution in [2.45, 2.75) is 18.5 Å². The van der Waals surface area contributed by atoms with Gasteiger partial charge in [0.05, 0.1) is 0 Å². The summed E-state index contributed by atoms with van der Waals surface area (Å²) in [5, 5.41) is 7.95. The molecular formula is C14H17ClN4S. The van der Waals surface area contributed by atoms with E-state index in [1.54, 1.807) is 0 Å². The summed E-state index contributed by atoms with van der Waals surface area (Å²) in [4.78, 5) is 8.87. The lowest BCUT2D eigenvalue weighted by molar-refractivity contribution is 0.929. The van der Waals surface area contributed by atoms with Crippen molar-refractivity contribution < 1.29 is 0 Å². The molecule has 0 aliphatic rings. The Balaban J connectivity index is 2.21. The van der Waals surface area contributed by atoms with Crippen LogP contribution >= 0.6 is 23.4 Å². The molecule has 0 atom stereocenters. The van der Waals surface area contributed by atoms with Crippen molar-refractivity contribution in [3.8, 4) is 0 Å². The number of rotatable bonds is 6. The van der Waals surface area contributed by atoms with Crippen LogP contribution in [-0.2, 0) is 0 Å². The number of nitrogens with zero attached hydrogens (tertiary/aromatic N) is 2. The molecule has 2 rings (SSSR count). The molecule has 0 saturated carbocycles. The first-order valence-corrected chi connectivity index (χ1v) is 8.01. The van der Waals surface area contributed by atoms with Crippen LogP contribution in [0.2, 0.25) is 5.02 Å². The third-order valence-corrected chi connectivity index (χ3v) is 3.32. The lowest BCUT2D eigenvalue weighted by Crippen LogP contribution is -2.05. The van der Waals surface area contributed by atoms with Gasteiger partial charge >= 0.3 is 0 Å². The highest BCUT2D eigenvalue weighted by molar-refractivity contribution is 7.98. The largest absolute Gasteiger partial charge is 0.370 e. The lowest BCUT2D eigenvalue weighted by atomic mass is 10.3. The summed E-state index contributed by atoms with van der Waals surface area (Å²) >= 11 is 7.50. The highest BCUT2D eigenvalue weighted by atomic mass is 35.5. The molecule has 0 bridgehead atoms. The normalized spacial score (nSPS) is 10.3. The molecule has 0 aliphatic carbocycles. The molecule has 0 fully saturated rings. The van der Waals surface area contributed by atoms with Crippen molar-refractivity contribution >= 4 is 40.7 Å². The quantitative estimate of drug-likeness (QED) is 0.611. The molecule has 1 aromatic carbocycles. The van der Waals surface area contributed by atoms with Crippen LogP contribution < -0.4 is 10.6 Å². The van der Waals surface area contributed by atoms with Gasteiger partial charge in [-0.25, -0.2) is 9.97 Å². The fourth-order valence-corrected chi connectivity index (χ4v) is 2.21. The van der Waals surface area contributed by atoms with Gasteiger partial charge in [0.1, 0.15) is 11.6 Å². The Kier molecular flexibility index (Phi) is 5.49. The number of halogens is 1. The topological polar surface area (TPSA) is 49.8 Å². The summed E-state index contributed by atoms with van der Waals surface area (Å²) in [6.45, 7) is 3.01. The average Bonchev–Trinajstić information content (AvgIpc) is 2.45. The highest BCUT2D eigenvalue weighted by Crippen LogP contribution is 2.22. The number of anilines is 3. The minimum atomic E-state index is 0.693. The number of hydrogen-bond donors (Lipinski definition) is 2. The SMILES string of the molecule is CCCNc1cc(Nc2cccc(Cl)c2)nc(SC)n1. The summed E-state index contributed by atoms with van der Waals surface area (Å²) in [7, 11) is 0. The van der Waals surface area contributed by atoms with Crippen LogP contribution in [-0.4, -0.2) is 22.8 Å². The zero-order valence-electron chi connectivity index (χ0n) is 11.5. The zero-order valence-corrected chi connectivity index (χ0v) is 13.1. The van der Waals surface area contributed by atoms with Crippen LogP contribution in [0.4, 0.5) is 17.3 Å². The van der Waals surface area contributed by atoms with E-state index in [1.165, 1.54) is 11.8 Å². The van der Waals surface area contributed by atoms with Gasteiger partial charge in [-0.15, -0.1) is 0 Å². The van der Waals surface area contributed by atoms with Crippen LogP contribution in [0.25, 0.3) is 0 Å². The fraction of sp³-hybridized carbons (Fsp3) is 0.286. The van der Waals surface area contributed by atoms with E-state index in [4.69, 9.17) is 11.6 Å². The Morgan fingerprint density at radius 1 is 1.20 bits per heavy atom. The second-order valence-electron chi connectivity index (χ2n) is 4.19. The summed E-state index contributed by atoms with van der Waals surface area (Å²) < 4.78 is 0. The van der Waals surface area contributed by atoms with Crippen LogP contribution in [0.15, 0.2) is 35.5 Å². The Hall–Kier alpha value is -1.46. The van der Waals surface area contributed by atoms with Gasteiger partial charge in [0.2, 0.25) is 0 Å². The molecule has 2 aromatic rings. The van der Waals surface area contributed by atoms with Gasteiger partial charge in [-0.05, 0) is 30.9 Å². The van der Waals surface area contributed by atoms with Gasteiger partial charge < -0.3 is 10.6 Å². The predicted molar refractivity (Wildman–Crippen MR) is 87.3 cm³/mol. The van der Waals surface area contributed by atoms with E-state index >= 15 is 0 Å². The molecular weight excluding hydrogens is 292 g/mol. The van der Waals surface area contributed by atoms with Crippen molar-refractivity contribution in [3.05, 3.63) is 35.4 Å². The van der Waals surface area contributed by atoms with Crippen LogP contribution in [0, 0.1) is 0 Å². The highest BCUT2D eigenvalue weighted by Gasteiger charge is 2.04. The van der Waals surface area contributed by atoms with Gasteiger partial charge in [-0.1, -0.05) is 36.4 Å². The van der Waals surface area contributed by atoms with E-state index in [9.17, 15) is 0 Å². The van der Waals surface area contributed by atoms with Crippen LogP contribution in [0.5, 0.6) is 0 Å². The van der Waals surface area contributed by atoms with Crippen molar-refractivity contribution in [1.82, 2.24) is 9.97 Å². The Labute approximate surface area is 128 Å². The van der Waals surface area contributed by atoms with E-state index in [1.807, 2.05) is 36.6 Å². The van der Waals surface area contributed by atoms with E-state index in [2.05, 4.69) is 27.5 Å². The third-order valence-electron chi connectivity index (χ3n) is 2.54. The smallest absolute Gasteiger partial charge is 0.191 e.